The summed E-state index contributed by atoms with van der Waals surface area (Å²) < 4.78 is 5.05. The van der Waals surface area contributed by atoms with Crippen LogP contribution in [0.15, 0.2) is 12.7 Å². The number of β-lactam (4-membered cyclic amide) rings is 1. The quantitative estimate of drug-likeness (QED) is 0.452. The lowest BCUT2D eigenvalue weighted by Gasteiger charge is -2.31. The van der Waals surface area contributed by atoms with E-state index in [1.54, 1.807) is 11.0 Å². The van der Waals surface area contributed by atoms with Gasteiger partial charge in [-0.1, -0.05) is 12.7 Å². The average molecular weight is 270 g/mol. The van der Waals surface area contributed by atoms with Crippen LogP contribution in [0, 0.1) is 5.92 Å². The van der Waals surface area contributed by atoms with Crippen LogP contribution in [0.1, 0.15) is 12.8 Å². The Kier molecular flexibility index (Phi) is 4.16. The summed E-state index contributed by atoms with van der Waals surface area (Å²) in [6, 6.07) is 0.0564. The first-order chi connectivity index (χ1) is 8.61. The Morgan fingerprint density at radius 1 is 1.67 bits per heavy atom. The molecule has 2 heterocycles. The molecule has 2 fully saturated rings. The number of hydrogen-bond donors (Lipinski definition) is 2. The fourth-order valence-corrected chi connectivity index (χ4v) is 2.82. The van der Waals surface area contributed by atoms with Gasteiger partial charge in [0.2, 0.25) is 5.91 Å². The van der Waals surface area contributed by atoms with Crippen molar-refractivity contribution in [1.29, 1.82) is 0 Å². The summed E-state index contributed by atoms with van der Waals surface area (Å²) in [5.74, 6) is 0.111. The Balaban J connectivity index is 1.91. The molecule has 6 heteroatoms. The SMILES string of the molecule is C=CCOC(=O)N1C[C@@H](S)C[C@H]1CC1CNC1=O. The summed E-state index contributed by atoms with van der Waals surface area (Å²) in [6.45, 7) is 5.01. The molecule has 2 aliphatic rings. The maximum atomic E-state index is 11.9. The predicted octanol–water partition coefficient (Wildman–Crippen LogP) is 0.818. The molecule has 2 aliphatic heterocycles. The van der Waals surface area contributed by atoms with E-state index in [1.807, 2.05) is 0 Å². The molecular weight excluding hydrogens is 252 g/mol. The smallest absolute Gasteiger partial charge is 0.410 e. The van der Waals surface area contributed by atoms with Crippen molar-refractivity contribution in [2.75, 3.05) is 19.7 Å². The summed E-state index contributed by atoms with van der Waals surface area (Å²) in [5.41, 5.74) is 0. The molecule has 0 radical (unpaired) electrons. The summed E-state index contributed by atoms with van der Waals surface area (Å²) in [4.78, 5) is 24.8. The van der Waals surface area contributed by atoms with E-state index in [0.717, 1.165) is 6.42 Å². The predicted molar refractivity (Wildman–Crippen MR) is 70.5 cm³/mol. The van der Waals surface area contributed by atoms with E-state index in [4.69, 9.17) is 4.74 Å². The van der Waals surface area contributed by atoms with Crippen molar-refractivity contribution in [3.8, 4) is 0 Å². The van der Waals surface area contributed by atoms with Crippen LogP contribution in [0.2, 0.25) is 0 Å². The number of carbonyl (C=O) groups excluding carboxylic acids is 2. The van der Waals surface area contributed by atoms with Gasteiger partial charge in [-0.3, -0.25) is 4.79 Å². The number of rotatable bonds is 4. The lowest BCUT2D eigenvalue weighted by molar-refractivity contribution is -0.131. The zero-order valence-electron chi connectivity index (χ0n) is 10.2. The Morgan fingerprint density at radius 2 is 2.44 bits per heavy atom. The van der Waals surface area contributed by atoms with Crippen LogP contribution in [0.5, 0.6) is 0 Å². The third-order valence-corrected chi connectivity index (χ3v) is 3.78. The van der Waals surface area contributed by atoms with Crippen molar-refractivity contribution in [3.63, 3.8) is 0 Å². The molecule has 0 aromatic carbocycles. The van der Waals surface area contributed by atoms with Gasteiger partial charge in [-0.15, -0.1) is 0 Å². The van der Waals surface area contributed by atoms with Crippen molar-refractivity contribution in [1.82, 2.24) is 10.2 Å². The maximum Gasteiger partial charge on any atom is 0.410 e. The standard InChI is InChI=1S/C12H18N2O3S/c1-2-3-17-12(16)14-7-10(18)5-9(14)4-8-6-13-11(8)15/h2,8-10,18H,1,3-7H2,(H,13,15)/t8?,9-,10+/m1/s1. The second-order valence-electron chi connectivity index (χ2n) is 4.74. The van der Waals surface area contributed by atoms with Gasteiger partial charge in [0, 0.05) is 24.4 Å². The number of ether oxygens (including phenoxy) is 1. The lowest BCUT2D eigenvalue weighted by Crippen LogP contribution is -2.51. The topological polar surface area (TPSA) is 58.6 Å². The number of carbonyl (C=O) groups is 2. The minimum atomic E-state index is -0.337. The number of likely N-dealkylation sites (tertiary alicyclic amines) is 1. The van der Waals surface area contributed by atoms with Crippen molar-refractivity contribution in [2.45, 2.75) is 24.1 Å². The van der Waals surface area contributed by atoms with Crippen LogP contribution in [0.25, 0.3) is 0 Å². The Bertz CT molecular complexity index is 361. The van der Waals surface area contributed by atoms with E-state index in [2.05, 4.69) is 24.5 Å². The third-order valence-electron chi connectivity index (χ3n) is 3.40. The normalized spacial score (nSPS) is 30.6. The van der Waals surface area contributed by atoms with Gasteiger partial charge < -0.3 is 15.0 Å². The van der Waals surface area contributed by atoms with Gasteiger partial charge in [0.1, 0.15) is 6.61 Å². The van der Waals surface area contributed by atoms with E-state index in [0.29, 0.717) is 19.5 Å². The lowest BCUT2D eigenvalue weighted by atomic mass is 9.92. The summed E-state index contributed by atoms with van der Waals surface area (Å²) in [7, 11) is 0. The van der Waals surface area contributed by atoms with E-state index in [-0.39, 0.29) is 35.8 Å². The first kappa shape index (κ1) is 13.3. The van der Waals surface area contributed by atoms with E-state index >= 15 is 0 Å². The molecule has 0 aliphatic carbocycles. The molecule has 18 heavy (non-hydrogen) atoms. The molecule has 2 saturated heterocycles. The van der Waals surface area contributed by atoms with Crippen molar-refractivity contribution in [3.05, 3.63) is 12.7 Å². The number of nitrogens with zero attached hydrogens (tertiary/aromatic N) is 1. The second kappa shape index (κ2) is 5.65. The maximum absolute atomic E-state index is 11.9. The molecule has 5 nitrogen and oxygen atoms in total. The van der Waals surface area contributed by atoms with Gasteiger partial charge in [0.25, 0.3) is 0 Å². The highest BCUT2D eigenvalue weighted by Crippen LogP contribution is 2.28. The zero-order chi connectivity index (χ0) is 13.1. The van der Waals surface area contributed by atoms with E-state index in [1.165, 1.54) is 0 Å². The minimum Gasteiger partial charge on any atom is -0.445 e. The Morgan fingerprint density at radius 3 is 3.00 bits per heavy atom. The molecule has 0 spiro atoms. The van der Waals surface area contributed by atoms with Crippen LogP contribution < -0.4 is 5.32 Å². The van der Waals surface area contributed by atoms with Gasteiger partial charge in [-0.05, 0) is 12.8 Å². The van der Waals surface area contributed by atoms with Gasteiger partial charge in [0.05, 0.1) is 5.92 Å². The fourth-order valence-electron chi connectivity index (χ4n) is 2.40. The molecule has 0 aromatic rings. The molecule has 2 amide bonds. The Hall–Kier alpha value is -1.17. The number of thiol groups is 1. The molecule has 0 saturated carbocycles. The third kappa shape index (κ3) is 2.80. The highest BCUT2D eigenvalue weighted by molar-refractivity contribution is 7.81. The van der Waals surface area contributed by atoms with Crippen molar-refractivity contribution < 1.29 is 14.3 Å². The molecule has 2 rings (SSSR count). The second-order valence-corrected chi connectivity index (χ2v) is 5.47. The monoisotopic (exact) mass is 270 g/mol. The molecule has 0 bridgehead atoms. The van der Waals surface area contributed by atoms with Gasteiger partial charge >= 0.3 is 6.09 Å². The largest absolute Gasteiger partial charge is 0.445 e. The fraction of sp³-hybridized carbons (Fsp3) is 0.667. The number of amides is 2. The van der Waals surface area contributed by atoms with Gasteiger partial charge in [-0.25, -0.2) is 4.79 Å². The van der Waals surface area contributed by atoms with Crippen molar-refractivity contribution in [2.24, 2.45) is 5.92 Å². The molecule has 0 aromatic heterocycles. The van der Waals surface area contributed by atoms with Crippen LogP contribution in [0.4, 0.5) is 4.79 Å². The van der Waals surface area contributed by atoms with E-state index in [9.17, 15) is 9.59 Å². The van der Waals surface area contributed by atoms with Gasteiger partial charge in [-0.2, -0.15) is 12.6 Å². The zero-order valence-corrected chi connectivity index (χ0v) is 11.1. The molecule has 100 valence electrons. The number of hydrogen-bond acceptors (Lipinski definition) is 4. The highest BCUT2D eigenvalue weighted by atomic mass is 32.1. The van der Waals surface area contributed by atoms with Crippen LogP contribution >= 0.6 is 12.6 Å². The van der Waals surface area contributed by atoms with Crippen LogP contribution in [-0.4, -0.2) is 47.9 Å². The molecule has 3 atom stereocenters. The summed E-state index contributed by atoms with van der Waals surface area (Å²) in [6.07, 6.45) is 2.72. The average Bonchev–Trinajstić information content (AvgIpc) is 2.72. The highest BCUT2D eigenvalue weighted by Gasteiger charge is 2.39. The molecular formula is C12H18N2O3S. The van der Waals surface area contributed by atoms with Gasteiger partial charge in [0.15, 0.2) is 0 Å². The summed E-state index contributed by atoms with van der Waals surface area (Å²) in [5, 5.41) is 2.88. The first-order valence-electron chi connectivity index (χ1n) is 6.12. The minimum absolute atomic E-state index is 0.0309. The number of nitrogens with one attached hydrogen (secondary N) is 1. The van der Waals surface area contributed by atoms with Crippen molar-refractivity contribution >= 4 is 24.6 Å². The molecule has 1 N–H and O–H groups in total. The van der Waals surface area contributed by atoms with Crippen LogP contribution in [0.3, 0.4) is 0 Å². The summed E-state index contributed by atoms with van der Waals surface area (Å²) >= 11 is 4.42. The van der Waals surface area contributed by atoms with Crippen LogP contribution in [-0.2, 0) is 9.53 Å². The first-order valence-corrected chi connectivity index (χ1v) is 6.63. The molecule has 1 unspecified atom stereocenters. The Labute approximate surface area is 112 Å². The van der Waals surface area contributed by atoms with E-state index < -0.39 is 0 Å².